The number of thiophene rings is 1. The van der Waals surface area contributed by atoms with Crippen LogP contribution in [0.5, 0.6) is 0 Å². The molecule has 0 saturated carbocycles. The average Bonchev–Trinajstić information content (AvgIpc) is 3.07. The maximum Gasteiger partial charge on any atom is 0.317 e. The van der Waals surface area contributed by atoms with Crippen molar-refractivity contribution in [1.82, 2.24) is 10.2 Å². The number of carbonyl (C=O) groups excluding carboxylic acids is 1. The number of urea groups is 1. The summed E-state index contributed by atoms with van der Waals surface area (Å²) in [6.07, 6.45) is 4.74. The van der Waals surface area contributed by atoms with E-state index in [-0.39, 0.29) is 12.6 Å². The lowest BCUT2D eigenvalue weighted by Crippen LogP contribution is -2.43. The number of carbonyl (C=O) groups is 1. The Labute approximate surface area is 118 Å². The largest absolute Gasteiger partial charge is 0.396 e. The summed E-state index contributed by atoms with van der Waals surface area (Å²) in [6.45, 7) is 1.76. The summed E-state index contributed by atoms with van der Waals surface area (Å²) >= 11 is 1.73. The molecule has 5 heteroatoms. The molecule has 19 heavy (non-hydrogen) atoms. The van der Waals surface area contributed by atoms with Gasteiger partial charge in [0.15, 0.2) is 0 Å². The second-order valence-corrected chi connectivity index (χ2v) is 5.95. The number of nitrogens with one attached hydrogen (secondary N) is 1. The van der Waals surface area contributed by atoms with E-state index < -0.39 is 0 Å². The highest BCUT2D eigenvalue weighted by atomic mass is 32.1. The van der Waals surface area contributed by atoms with Crippen LogP contribution in [0.4, 0.5) is 4.79 Å². The molecule has 1 aliphatic rings. The first-order chi connectivity index (χ1) is 9.31. The molecule has 0 unspecified atom stereocenters. The maximum atomic E-state index is 12.1. The van der Waals surface area contributed by atoms with E-state index in [9.17, 15) is 4.79 Å². The molecule has 0 spiro atoms. The minimum Gasteiger partial charge on any atom is -0.396 e. The van der Waals surface area contributed by atoms with Crippen molar-refractivity contribution in [2.45, 2.75) is 38.1 Å². The van der Waals surface area contributed by atoms with Gasteiger partial charge in [0, 0.05) is 30.6 Å². The number of hydrogen-bond donors (Lipinski definition) is 2. The minimum absolute atomic E-state index is 0.0528. The first-order valence-corrected chi connectivity index (χ1v) is 7.87. The Bertz CT molecular complexity index is 381. The van der Waals surface area contributed by atoms with Crippen LogP contribution in [0, 0.1) is 0 Å². The number of rotatable bonds is 6. The van der Waals surface area contributed by atoms with E-state index in [0.717, 1.165) is 38.6 Å². The highest BCUT2D eigenvalue weighted by Crippen LogP contribution is 2.21. The summed E-state index contributed by atoms with van der Waals surface area (Å²) in [5.41, 5.74) is 0. The fourth-order valence-electron chi connectivity index (χ4n) is 2.58. The van der Waals surface area contributed by atoms with Crippen LogP contribution in [0.3, 0.4) is 0 Å². The minimum atomic E-state index is 0.0528. The summed E-state index contributed by atoms with van der Waals surface area (Å²) in [6, 6.07) is 4.50. The van der Waals surface area contributed by atoms with Gasteiger partial charge in [0.1, 0.15) is 0 Å². The van der Waals surface area contributed by atoms with Crippen LogP contribution < -0.4 is 5.32 Å². The van der Waals surface area contributed by atoms with Gasteiger partial charge in [-0.2, -0.15) is 0 Å². The van der Waals surface area contributed by atoms with Crippen molar-refractivity contribution in [2.75, 3.05) is 19.7 Å². The van der Waals surface area contributed by atoms with E-state index in [0.29, 0.717) is 12.6 Å². The van der Waals surface area contributed by atoms with Crippen molar-refractivity contribution < 1.29 is 9.90 Å². The molecule has 1 aliphatic heterocycles. The highest BCUT2D eigenvalue weighted by molar-refractivity contribution is 7.09. The normalized spacial score (nSPS) is 18.8. The predicted octanol–water partition coefficient (Wildman–Crippen LogP) is 2.24. The lowest BCUT2D eigenvalue weighted by Gasteiger charge is -2.24. The monoisotopic (exact) mass is 282 g/mol. The Balaban J connectivity index is 1.72. The summed E-state index contributed by atoms with van der Waals surface area (Å²) in [7, 11) is 0. The first-order valence-electron chi connectivity index (χ1n) is 6.99. The molecule has 2 rings (SSSR count). The fourth-order valence-corrected chi connectivity index (χ4v) is 3.29. The van der Waals surface area contributed by atoms with Crippen LogP contribution in [0.2, 0.25) is 0 Å². The second kappa shape index (κ2) is 7.50. The van der Waals surface area contributed by atoms with E-state index in [1.165, 1.54) is 4.88 Å². The van der Waals surface area contributed by atoms with Gasteiger partial charge in [-0.25, -0.2) is 4.79 Å². The van der Waals surface area contributed by atoms with Gasteiger partial charge in [-0.05, 0) is 43.6 Å². The van der Waals surface area contributed by atoms with E-state index in [1.807, 2.05) is 11.0 Å². The predicted molar refractivity (Wildman–Crippen MR) is 77.5 cm³/mol. The van der Waals surface area contributed by atoms with Crippen LogP contribution in [-0.4, -0.2) is 41.8 Å². The summed E-state index contributed by atoms with van der Waals surface area (Å²) in [5.74, 6) is 0. The van der Waals surface area contributed by atoms with Gasteiger partial charge >= 0.3 is 6.03 Å². The molecule has 1 aromatic heterocycles. The van der Waals surface area contributed by atoms with Gasteiger partial charge in [0.2, 0.25) is 0 Å². The molecule has 0 bridgehead atoms. The highest BCUT2D eigenvalue weighted by Gasteiger charge is 2.27. The third-order valence-electron chi connectivity index (χ3n) is 3.56. The molecular formula is C14H22N2O2S. The van der Waals surface area contributed by atoms with Crippen LogP contribution in [0.25, 0.3) is 0 Å². The van der Waals surface area contributed by atoms with E-state index in [2.05, 4.69) is 16.8 Å². The van der Waals surface area contributed by atoms with Crippen LogP contribution in [0.15, 0.2) is 17.5 Å². The molecule has 1 fully saturated rings. The standard InChI is InChI=1S/C14H22N2O2S/c17-10-2-5-12-4-1-9-16(12)14(18)15-8-7-13-6-3-11-19-13/h3,6,11-12,17H,1-2,4-5,7-10H2,(H,15,18)/t12-/m0/s1. The zero-order chi connectivity index (χ0) is 13.5. The Morgan fingerprint density at radius 1 is 1.58 bits per heavy atom. The third-order valence-corrected chi connectivity index (χ3v) is 4.50. The number of aliphatic hydroxyl groups is 1. The maximum absolute atomic E-state index is 12.1. The Morgan fingerprint density at radius 2 is 2.47 bits per heavy atom. The average molecular weight is 282 g/mol. The van der Waals surface area contributed by atoms with E-state index in [4.69, 9.17) is 5.11 Å². The van der Waals surface area contributed by atoms with Gasteiger partial charge in [-0.3, -0.25) is 0 Å². The van der Waals surface area contributed by atoms with Crippen LogP contribution in [-0.2, 0) is 6.42 Å². The molecular weight excluding hydrogens is 260 g/mol. The van der Waals surface area contributed by atoms with Crippen molar-refractivity contribution >= 4 is 17.4 Å². The van der Waals surface area contributed by atoms with Crippen molar-refractivity contribution in [3.8, 4) is 0 Å². The zero-order valence-corrected chi connectivity index (χ0v) is 12.0. The molecule has 0 radical (unpaired) electrons. The summed E-state index contributed by atoms with van der Waals surface area (Å²) < 4.78 is 0. The van der Waals surface area contributed by atoms with Crippen molar-refractivity contribution in [1.29, 1.82) is 0 Å². The molecule has 0 aliphatic carbocycles. The Hall–Kier alpha value is -1.07. The molecule has 2 heterocycles. The van der Waals surface area contributed by atoms with E-state index >= 15 is 0 Å². The molecule has 2 amide bonds. The van der Waals surface area contributed by atoms with Crippen LogP contribution >= 0.6 is 11.3 Å². The quantitative estimate of drug-likeness (QED) is 0.840. The number of amides is 2. The Kier molecular flexibility index (Phi) is 5.66. The lowest BCUT2D eigenvalue weighted by atomic mass is 10.1. The molecule has 4 nitrogen and oxygen atoms in total. The Morgan fingerprint density at radius 3 is 3.21 bits per heavy atom. The van der Waals surface area contributed by atoms with Gasteiger partial charge < -0.3 is 15.3 Å². The fraction of sp³-hybridized carbons (Fsp3) is 0.643. The van der Waals surface area contributed by atoms with E-state index in [1.54, 1.807) is 11.3 Å². The molecule has 1 aromatic rings. The second-order valence-electron chi connectivity index (χ2n) is 4.92. The molecule has 0 aromatic carbocycles. The van der Waals surface area contributed by atoms with Crippen molar-refractivity contribution in [2.24, 2.45) is 0 Å². The smallest absolute Gasteiger partial charge is 0.317 e. The number of likely N-dealkylation sites (tertiary alicyclic amines) is 1. The van der Waals surface area contributed by atoms with Gasteiger partial charge in [-0.15, -0.1) is 11.3 Å². The topological polar surface area (TPSA) is 52.6 Å². The molecule has 1 saturated heterocycles. The molecule has 1 atom stereocenters. The van der Waals surface area contributed by atoms with Crippen molar-refractivity contribution in [3.05, 3.63) is 22.4 Å². The van der Waals surface area contributed by atoms with Crippen molar-refractivity contribution in [3.63, 3.8) is 0 Å². The number of nitrogens with zero attached hydrogens (tertiary/aromatic N) is 1. The molecule has 2 N–H and O–H groups in total. The lowest BCUT2D eigenvalue weighted by molar-refractivity contribution is 0.185. The van der Waals surface area contributed by atoms with Gasteiger partial charge in [0.25, 0.3) is 0 Å². The number of hydrogen-bond acceptors (Lipinski definition) is 3. The van der Waals surface area contributed by atoms with Gasteiger partial charge in [-0.1, -0.05) is 6.07 Å². The summed E-state index contributed by atoms with van der Waals surface area (Å²) in [5, 5.41) is 13.9. The molecule has 106 valence electrons. The number of aliphatic hydroxyl groups excluding tert-OH is 1. The van der Waals surface area contributed by atoms with Crippen LogP contribution in [0.1, 0.15) is 30.6 Å². The third kappa shape index (κ3) is 4.21. The SMILES string of the molecule is O=C(NCCc1cccs1)N1CCC[C@H]1CCCO. The van der Waals surface area contributed by atoms with Gasteiger partial charge in [0.05, 0.1) is 0 Å². The zero-order valence-electron chi connectivity index (χ0n) is 11.2. The first kappa shape index (κ1) is 14.3. The summed E-state index contributed by atoms with van der Waals surface area (Å²) in [4.78, 5) is 15.3.